The molecule has 0 unspecified atom stereocenters. The van der Waals surface area contributed by atoms with E-state index in [-0.39, 0.29) is 0 Å². The molecule has 0 fully saturated rings. The molecule has 0 aliphatic carbocycles. The summed E-state index contributed by atoms with van der Waals surface area (Å²) in [6.07, 6.45) is 0. The molecule has 0 spiro atoms. The second-order valence-electron chi connectivity index (χ2n) is 2.77. The van der Waals surface area contributed by atoms with Crippen LogP contribution in [0.25, 0.3) is 0 Å². The van der Waals surface area contributed by atoms with Crippen molar-refractivity contribution in [3.63, 3.8) is 0 Å². The van der Waals surface area contributed by atoms with Gasteiger partial charge in [-0.1, -0.05) is 17.7 Å². The zero-order valence-electron chi connectivity index (χ0n) is 7.49. The predicted octanol–water partition coefficient (Wildman–Crippen LogP) is 2.42. The predicted molar refractivity (Wildman–Crippen MR) is 49.6 cm³/mol. The van der Waals surface area contributed by atoms with Gasteiger partial charge in [0, 0.05) is 0 Å². The number of carbonyl (C=O) groups is 1. The van der Waals surface area contributed by atoms with E-state index in [9.17, 15) is 23.7 Å². The lowest BCUT2D eigenvalue weighted by atomic mass is 10.1. The average Bonchev–Trinajstić information content (AvgIpc) is 2.16. The molecule has 0 saturated heterocycles. The highest BCUT2D eigenvalue weighted by molar-refractivity contribution is 6.32. The third-order valence-electron chi connectivity index (χ3n) is 1.78. The zero-order valence-corrected chi connectivity index (χ0v) is 8.24. The van der Waals surface area contributed by atoms with Gasteiger partial charge in [0.05, 0.1) is 4.92 Å². The van der Waals surface area contributed by atoms with Gasteiger partial charge >= 0.3 is 11.9 Å². The largest absolute Gasteiger partial charge is 0.477 e. The first-order valence-electron chi connectivity index (χ1n) is 3.83. The molecule has 0 heterocycles. The number of aliphatic carboxylic acids is 1. The number of carboxylic acids is 1. The number of nitro groups is 1. The molecular formula is C8H4ClF2NO4. The van der Waals surface area contributed by atoms with Crippen LogP contribution in [-0.2, 0) is 10.7 Å². The molecule has 5 nitrogen and oxygen atoms in total. The van der Waals surface area contributed by atoms with Crippen LogP contribution < -0.4 is 0 Å². The molecule has 0 bridgehead atoms. The van der Waals surface area contributed by atoms with E-state index < -0.39 is 33.1 Å². The maximum Gasteiger partial charge on any atom is 0.379 e. The third kappa shape index (κ3) is 1.94. The molecule has 8 heteroatoms. The summed E-state index contributed by atoms with van der Waals surface area (Å²) < 4.78 is 26.2. The number of hydrogen-bond acceptors (Lipinski definition) is 3. The highest BCUT2D eigenvalue weighted by atomic mass is 35.5. The molecule has 86 valence electrons. The van der Waals surface area contributed by atoms with E-state index in [0.29, 0.717) is 6.07 Å². The molecule has 16 heavy (non-hydrogen) atoms. The van der Waals surface area contributed by atoms with Crippen molar-refractivity contribution in [1.82, 2.24) is 0 Å². The molecule has 0 aliphatic heterocycles. The number of alkyl halides is 2. The highest BCUT2D eigenvalue weighted by Gasteiger charge is 2.46. The molecule has 0 aliphatic rings. The van der Waals surface area contributed by atoms with Gasteiger partial charge in [-0.05, 0) is 12.1 Å². The number of benzene rings is 1. The molecule has 1 rings (SSSR count). The summed E-state index contributed by atoms with van der Waals surface area (Å²) in [4.78, 5) is 19.7. The van der Waals surface area contributed by atoms with Crippen LogP contribution in [0.5, 0.6) is 0 Å². The van der Waals surface area contributed by atoms with Gasteiger partial charge in [0.1, 0.15) is 10.6 Å². The van der Waals surface area contributed by atoms with Gasteiger partial charge in [-0.3, -0.25) is 10.1 Å². The Morgan fingerprint density at radius 1 is 1.50 bits per heavy atom. The van der Waals surface area contributed by atoms with E-state index in [1.54, 1.807) is 0 Å². The van der Waals surface area contributed by atoms with Crippen molar-refractivity contribution in [1.29, 1.82) is 0 Å². The molecule has 1 aromatic carbocycles. The quantitative estimate of drug-likeness (QED) is 0.661. The number of hydrogen-bond donors (Lipinski definition) is 1. The fourth-order valence-electron chi connectivity index (χ4n) is 1.07. The topological polar surface area (TPSA) is 80.4 Å². The fourth-order valence-corrected chi connectivity index (χ4v) is 1.31. The van der Waals surface area contributed by atoms with Gasteiger partial charge < -0.3 is 5.11 Å². The van der Waals surface area contributed by atoms with Crippen LogP contribution in [0.1, 0.15) is 5.56 Å². The summed E-state index contributed by atoms with van der Waals surface area (Å²) >= 11 is 5.37. The minimum atomic E-state index is -4.35. The Morgan fingerprint density at radius 3 is 2.50 bits per heavy atom. The molecule has 1 N–H and O–H groups in total. The van der Waals surface area contributed by atoms with E-state index in [0.717, 1.165) is 12.1 Å². The summed E-state index contributed by atoms with van der Waals surface area (Å²) in [5.41, 5.74) is -2.34. The Labute approximate surface area is 92.4 Å². The first-order valence-corrected chi connectivity index (χ1v) is 4.21. The van der Waals surface area contributed by atoms with Crippen molar-refractivity contribution in [2.24, 2.45) is 0 Å². The number of para-hydroxylation sites is 1. The first-order chi connectivity index (χ1) is 7.28. The van der Waals surface area contributed by atoms with E-state index in [1.165, 1.54) is 0 Å². The minimum absolute atomic E-state index is 0.538. The lowest BCUT2D eigenvalue weighted by Gasteiger charge is -2.11. The van der Waals surface area contributed by atoms with E-state index in [4.69, 9.17) is 16.7 Å². The third-order valence-corrected chi connectivity index (χ3v) is 2.08. The van der Waals surface area contributed by atoms with Gasteiger partial charge in [0.15, 0.2) is 0 Å². The van der Waals surface area contributed by atoms with Gasteiger partial charge in [0.2, 0.25) is 0 Å². The standard InChI is InChI=1S/C8H4ClF2NO4/c9-5-3-1-2-4(6(5)12(15)16)8(10,11)7(13)14/h1-3H,(H,13,14). The summed E-state index contributed by atoms with van der Waals surface area (Å²) in [5, 5.41) is 18.2. The van der Waals surface area contributed by atoms with Crippen LogP contribution >= 0.6 is 11.6 Å². The Balaban J connectivity index is 3.51. The van der Waals surface area contributed by atoms with Crippen LogP contribution in [0.15, 0.2) is 18.2 Å². The van der Waals surface area contributed by atoms with Crippen LogP contribution in [0.4, 0.5) is 14.5 Å². The van der Waals surface area contributed by atoms with Gasteiger partial charge in [0.25, 0.3) is 5.69 Å². The van der Waals surface area contributed by atoms with Gasteiger partial charge in [-0.2, -0.15) is 8.78 Å². The van der Waals surface area contributed by atoms with Crippen molar-refractivity contribution < 1.29 is 23.6 Å². The van der Waals surface area contributed by atoms with Crippen LogP contribution in [0.3, 0.4) is 0 Å². The van der Waals surface area contributed by atoms with Crippen molar-refractivity contribution in [2.45, 2.75) is 5.92 Å². The average molecular weight is 252 g/mol. The Bertz CT molecular complexity index is 463. The monoisotopic (exact) mass is 251 g/mol. The SMILES string of the molecule is O=C(O)C(F)(F)c1cccc(Cl)c1[N+](=O)[O-]. The number of halogens is 3. The van der Waals surface area contributed by atoms with Crippen molar-refractivity contribution in [2.75, 3.05) is 0 Å². The molecule has 0 aromatic heterocycles. The van der Waals surface area contributed by atoms with Crippen LogP contribution in [0, 0.1) is 10.1 Å². The smallest absolute Gasteiger partial charge is 0.379 e. The van der Waals surface area contributed by atoms with Crippen molar-refractivity contribution >= 4 is 23.3 Å². The van der Waals surface area contributed by atoms with Crippen molar-refractivity contribution in [3.05, 3.63) is 38.9 Å². The maximum atomic E-state index is 13.1. The zero-order chi connectivity index (χ0) is 12.5. The fraction of sp³-hybridized carbons (Fsp3) is 0.125. The number of carboxylic acid groups (broad SMARTS) is 1. The highest BCUT2D eigenvalue weighted by Crippen LogP contribution is 2.38. The summed E-state index contributed by atoms with van der Waals surface area (Å²) in [5.74, 6) is -6.83. The molecule has 0 atom stereocenters. The molecule has 1 aromatic rings. The van der Waals surface area contributed by atoms with Gasteiger partial charge in [-0.25, -0.2) is 4.79 Å². The van der Waals surface area contributed by atoms with Crippen LogP contribution in [0.2, 0.25) is 5.02 Å². The lowest BCUT2D eigenvalue weighted by molar-refractivity contribution is -0.386. The van der Waals surface area contributed by atoms with E-state index in [1.807, 2.05) is 0 Å². The first kappa shape index (κ1) is 12.3. The minimum Gasteiger partial charge on any atom is -0.477 e. The molecular weight excluding hydrogens is 248 g/mol. The van der Waals surface area contributed by atoms with E-state index >= 15 is 0 Å². The lowest BCUT2D eigenvalue weighted by Crippen LogP contribution is -2.26. The maximum absolute atomic E-state index is 13.1. The summed E-state index contributed by atoms with van der Waals surface area (Å²) in [7, 11) is 0. The molecule has 0 saturated carbocycles. The molecule has 0 amide bonds. The van der Waals surface area contributed by atoms with Gasteiger partial charge in [-0.15, -0.1) is 0 Å². The normalized spacial score (nSPS) is 11.2. The summed E-state index contributed by atoms with van der Waals surface area (Å²) in [6.45, 7) is 0. The number of nitro benzene ring substituents is 1. The Kier molecular flexibility index (Phi) is 3.09. The number of rotatable bonds is 3. The van der Waals surface area contributed by atoms with Crippen LogP contribution in [-0.4, -0.2) is 16.0 Å². The second-order valence-corrected chi connectivity index (χ2v) is 3.18. The Morgan fingerprint density at radius 2 is 2.06 bits per heavy atom. The van der Waals surface area contributed by atoms with E-state index in [2.05, 4.69) is 0 Å². The second kappa shape index (κ2) is 4.01. The molecule has 0 radical (unpaired) electrons. The summed E-state index contributed by atoms with van der Waals surface area (Å²) in [6, 6.07) is 2.70. The number of nitrogens with zero attached hydrogens (tertiary/aromatic N) is 1. The Hall–Kier alpha value is -1.76. The van der Waals surface area contributed by atoms with Crippen molar-refractivity contribution in [3.8, 4) is 0 Å².